The lowest BCUT2D eigenvalue weighted by Gasteiger charge is -2.08. The van der Waals surface area contributed by atoms with E-state index in [2.05, 4.69) is 10.4 Å². The Balaban J connectivity index is 1.91. The number of anilines is 1. The summed E-state index contributed by atoms with van der Waals surface area (Å²) in [6, 6.07) is 10.0. The SMILES string of the molecule is Cc1c(C(=O)Nc2ccc(Cl)cc2F)cnn1-c1ccccc1F. The molecule has 1 amide bonds. The number of carbonyl (C=O) groups excluding carboxylic acids is 1. The number of rotatable bonds is 3. The Morgan fingerprint density at radius 3 is 2.62 bits per heavy atom. The lowest BCUT2D eigenvalue weighted by Crippen LogP contribution is -2.14. The highest BCUT2D eigenvalue weighted by molar-refractivity contribution is 6.30. The van der Waals surface area contributed by atoms with Crippen molar-refractivity contribution in [3.63, 3.8) is 0 Å². The van der Waals surface area contributed by atoms with E-state index in [0.29, 0.717) is 5.69 Å². The lowest BCUT2D eigenvalue weighted by molar-refractivity contribution is 0.102. The third kappa shape index (κ3) is 3.00. The second-order valence-electron chi connectivity index (χ2n) is 5.09. The minimum absolute atomic E-state index is 0.00226. The molecule has 1 heterocycles. The zero-order valence-electron chi connectivity index (χ0n) is 12.6. The second kappa shape index (κ2) is 6.41. The highest BCUT2D eigenvalue weighted by Crippen LogP contribution is 2.21. The van der Waals surface area contributed by atoms with Gasteiger partial charge in [0.25, 0.3) is 5.91 Å². The Labute approximate surface area is 141 Å². The molecule has 0 aliphatic heterocycles. The van der Waals surface area contributed by atoms with Crippen LogP contribution in [0.3, 0.4) is 0 Å². The van der Waals surface area contributed by atoms with Crippen LogP contribution in [0.25, 0.3) is 5.69 Å². The topological polar surface area (TPSA) is 46.9 Å². The maximum atomic E-state index is 13.9. The maximum Gasteiger partial charge on any atom is 0.259 e. The first-order valence-corrected chi connectivity index (χ1v) is 7.41. The van der Waals surface area contributed by atoms with Crippen LogP contribution in [0.4, 0.5) is 14.5 Å². The molecule has 0 radical (unpaired) electrons. The summed E-state index contributed by atoms with van der Waals surface area (Å²) >= 11 is 5.68. The molecule has 0 unspecified atom stereocenters. The minimum atomic E-state index is -0.644. The number of carbonyl (C=O) groups is 1. The Kier molecular flexibility index (Phi) is 4.31. The predicted molar refractivity (Wildman–Crippen MR) is 87.6 cm³/mol. The van der Waals surface area contributed by atoms with Gasteiger partial charge in [0.05, 0.1) is 23.1 Å². The van der Waals surface area contributed by atoms with Gasteiger partial charge in [-0.2, -0.15) is 5.10 Å². The quantitative estimate of drug-likeness (QED) is 0.765. The van der Waals surface area contributed by atoms with Crippen LogP contribution in [0.2, 0.25) is 5.02 Å². The molecule has 122 valence electrons. The van der Waals surface area contributed by atoms with Gasteiger partial charge in [0.15, 0.2) is 0 Å². The van der Waals surface area contributed by atoms with Crippen molar-refractivity contribution in [2.45, 2.75) is 6.92 Å². The van der Waals surface area contributed by atoms with Crippen molar-refractivity contribution in [1.29, 1.82) is 0 Å². The Morgan fingerprint density at radius 1 is 1.17 bits per heavy atom. The van der Waals surface area contributed by atoms with E-state index in [1.54, 1.807) is 25.1 Å². The van der Waals surface area contributed by atoms with E-state index in [1.807, 2.05) is 0 Å². The first-order chi connectivity index (χ1) is 11.5. The standard InChI is InChI=1S/C17H12ClF2N3O/c1-10-12(9-21-23(10)16-5-3-2-4-13(16)19)17(24)22-15-7-6-11(18)8-14(15)20/h2-9H,1H3,(H,22,24). The molecular weight excluding hydrogens is 336 g/mol. The van der Waals surface area contributed by atoms with Crippen LogP contribution in [-0.4, -0.2) is 15.7 Å². The molecule has 0 saturated carbocycles. The summed E-state index contributed by atoms with van der Waals surface area (Å²) in [5.41, 5.74) is 0.883. The molecule has 0 atom stereocenters. The van der Waals surface area contributed by atoms with E-state index in [-0.39, 0.29) is 22.0 Å². The molecule has 1 aromatic heterocycles. The normalized spacial score (nSPS) is 10.7. The molecule has 3 aromatic rings. The Morgan fingerprint density at radius 2 is 1.92 bits per heavy atom. The van der Waals surface area contributed by atoms with Crippen LogP contribution >= 0.6 is 11.6 Å². The van der Waals surface area contributed by atoms with Gasteiger partial charge in [0.1, 0.15) is 17.3 Å². The van der Waals surface area contributed by atoms with E-state index in [4.69, 9.17) is 11.6 Å². The number of amides is 1. The molecule has 4 nitrogen and oxygen atoms in total. The number of aromatic nitrogens is 2. The van der Waals surface area contributed by atoms with Crippen molar-refractivity contribution in [2.75, 3.05) is 5.32 Å². The van der Waals surface area contributed by atoms with E-state index in [9.17, 15) is 13.6 Å². The van der Waals surface area contributed by atoms with Gasteiger partial charge >= 0.3 is 0 Å². The molecule has 7 heteroatoms. The molecule has 2 aromatic carbocycles. The molecule has 1 N–H and O–H groups in total. The first-order valence-electron chi connectivity index (χ1n) is 7.03. The van der Waals surface area contributed by atoms with Crippen molar-refractivity contribution >= 4 is 23.2 Å². The Hall–Kier alpha value is -2.73. The minimum Gasteiger partial charge on any atom is -0.319 e. The zero-order valence-corrected chi connectivity index (χ0v) is 13.3. The van der Waals surface area contributed by atoms with Gasteiger partial charge in [0, 0.05) is 5.02 Å². The number of nitrogens with zero attached hydrogens (tertiary/aromatic N) is 2. The fraction of sp³-hybridized carbons (Fsp3) is 0.0588. The second-order valence-corrected chi connectivity index (χ2v) is 5.52. The number of halogens is 3. The van der Waals surface area contributed by atoms with Crippen molar-refractivity contribution in [1.82, 2.24) is 9.78 Å². The largest absolute Gasteiger partial charge is 0.319 e. The number of benzene rings is 2. The van der Waals surface area contributed by atoms with Crippen LogP contribution in [0, 0.1) is 18.6 Å². The third-order valence-corrected chi connectivity index (χ3v) is 3.75. The third-order valence-electron chi connectivity index (χ3n) is 3.51. The molecule has 0 fully saturated rings. The fourth-order valence-corrected chi connectivity index (χ4v) is 2.44. The molecule has 0 aliphatic rings. The van der Waals surface area contributed by atoms with Gasteiger partial charge in [0.2, 0.25) is 0 Å². The predicted octanol–water partition coefficient (Wildman–Crippen LogP) is 4.36. The average molecular weight is 348 g/mol. The van der Waals surface area contributed by atoms with Gasteiger partial charge in [-0.05, 0) is 37.3 Å². The molecule has 0 bridgehead atoms. The van der Waals surface area contributed by atoms with Gasteiger partial charge in [-0.15, -0.1) is 0 Å². The zero-order chi connectivity index (χ0) is 17.3. The van der Waals surface area contributed by atoms with Crippen LogP contribution in [0.15, 0.2) is 48.7 Å². The van der Waals surface area contributed by atoms with E-state index < -0.39 is 17.5 Å². The number of hydrogen-bond acceptors (Lipinski definition) is 2. The average Bonchev–Trinajstić information content (AvgIpc) is 2.92. The molecule has 0 aliphatic carbocycles. The van der Waals surface area contributed by atoms with Crippen LogP contribution < -0.4 is 5.32 Å². The Bertz CT molecular complexity index is 924. The van der Waals surface area contributed by atoms with Crippen molar-refractivity contribution < 1.29 is 13.6 Å². The summed E-state index contributed by atoms with van der Waals surface area (Å²) in [7, 11) is 0. The molecule has 3 rings (SSSR count). The van der Waals surface area contributed by atoms with E-state index in [1.165, 1.54) is 29.1 Å². The van der Waals surface area contributed by atoms with Gasteiger partial charge in [-0.25, -0.2) is 13.5 Å². The highest BCUT2D eigenvalue weighted by Gasteiger charge is 2.18. The number of nitrogens with one attached hydrogen (secondary N) is 1. The molecule has 24 heavy (non-hydrogen) atoms. The van der Waals surface area contributed by atoms with Crippen LogP contribution in [0.5, 0.6) is 0 Å². The monoisotopic (exact) mass is 347 g/mol. The van der Waals surface area contributed by atoms with Gasteiger partial charge in [-0.3, -0.25) is 4.79 Å². The van der Waals surface area contributed by atoms with Gasteiger partial charge in [-0.1, -0.05) is 23.7 Å². The lowest BCUT2D eigenvalue weighted by atomic mass is 10.2. The summed E-state index contributed by atoms with van der Waals surface area (Å²) in [4.78, 5) is 12.3. The number of para-hydroxylation sites is 1. The van der Waals surface area contributed by atoms with Crippen LogP contribution in [0.1, 0.15) is 16.1 Å². The summed E-state index contributed by atoms with van der Waals surface area (Å²) in [5, 5.41) is 6.73. The van der Waals surface area contributed by atoms with E-state index in [0.717, 1.165) is 6.07 Å². The summed E-state index contributed by atoms with van der Waals surface area (Å²) in [5.74, 6) is -1.65. The summed E-state index contributed by atoms with van der Waals surface area (Å²) in [6.07, 6.45) is 1.31. The maximum absolute atomic E-state index is 13.9. The van der Waals surface area contributed by atoms with Gasteiger partial charge < -0.3 is 5.32 Å². The number of hydrogen-bond donors (Lipinski definition) is 1. The smallest absolute Gasteiger partial charge is 0.259 e. The first kappa shape index (κ1) is 16.1. The van der Waals surface area contributed by atoms with Crippen molar-refractivity contribution in [3.05, 3.63) is 76.6 Å². The molecule has 0 spiro atoms. The summed E-state index contributed by atoms with van der Waals surface area (Å²) in [6.45, 7) is 1.63. The molecular formula is C17H12ClF2N3O. The van der Waals surface area contributed by atoms with Crippen LogP contribution in [-0.2, 0) is 0 Å². The summed E-state index contributed by atoms with van der Waals surface area (Å²) < 4.78 is 29.0. The highest BCUT2D eigenvalue weighted by atomic mass is 35.5. The van der Waals surface area contributed by atoms with E-state index >= 15 is 0 Å². The van der Waals surface area contributed by atoms with Crippen molar-refractivity contribution in [3.8, 4) is 5.69 Å². The molecule has 0 saturated heterocycles. The van der Waals surface area contributed by atoms with Crippen molar-refractivity contribution in [2.24, 2.45) is 0 Å². The fourth-order valence-electron chi connectivity index (χ4n) is 2.28.